The summed E-state index contributed by atoms with van der Waals surface area (Å²) in [6, 6.07) is 7.93. The smallest absolute Gasteiger partial charge is 0.275 e. The van der Waals surface area contributed by atoms with E-state index in [0.717, 1.165) is 4.88 Å². The average Bonchev–Trinajstić information content (AvgIpc) is 3.04. The lowest BCUT2D eigenvalue weighted by atomic mass is 10.2. The molecule has 7 nitrogen and oxygen atoms in total. The Morgan fingerprint density at radius 1 is 1.30 bits per heavy atom. The summed E-state index contributed by atoms with van der Waals surface area (Å²) in [4.78, 5) is 11.1. The van der Waals surface area contributed by atoms with Gasteiger partial charge in [-0.3, -0.25) is 15.4 Å². The number of thiophene rings is 1. The van der Waals surface area contributed by atoms with E-state index in [9.17, 15) is 15.3 Å². The van der Waals surface area contributed by atoms with Crippen LogP contribution >= 0.6 is 11.3 Å². The molecule has 0 saturated heterocycles. The first-order chi connectivity index (χ1) is 9.54. The molecule has 2 N–H and O–H groups in total. The topological polar surface area (TPSA) is 95.0 Å². The van der Waals surface area contributed by atoms with E-state index in [1.165, 1.54) is 23.5 Å². The average molecular weight is 292 g/mol. The molecule has 102 valence electrons. The molecule has 3 rings (SSSR count). The van der Waals surface area contributed by atoms with Crippen LogP contribution in [0.3, 0.4) is 0 Å². The lowest BCUT2D eigenvalue weighted by Crippen LogP contribution is -2.77. The molecule has 1 aromatic carbocycles. The van der Waals surface area contributed by atoms with Gasteiger partial charge >= 0.3 is 0 Å². The predicted molar refractivity (Wildman–Crippen MR) is 72.8 cm³/mol. The molecule has 0 fully saturated rings. The van der Waals surface area contributed by atoms with Crippen molar-refractivity contribution in [3.05, 3.63) is 50.5 Å². The molecule has 1 aliphatic heterocycles. The molecule has 0 amide bonds. The maximum absolute atomic E-state index is 11.1. The molecule has 0 aliphatic carbocycles. The number of nitrogens with zero attached hydrogens (tertiary/aromatic N) is 2. The minimum absolute atomic E-state index is 0.0274. The second kappa shape index (κ2) is 4.58. The number of hydrogen-bond donors (Lipinski definition) is 1. The zero-order valence-electron chi connectivity index (χ0n) is 10.2. The Morgan fingerprint density at radius 3 is 2.75 bits per heavy atom. The van der Waals surface area contributed by atoms with Crippen molar-refractivity contribution < 1.29 is 19.7 Å². The third-order valence-electron chi connectivity index (χ3n) is 2.93. The van der Waals surface area contributed by atoms with Crippen molar-refractivity contribution in [3.8, 4) is 5.75 Å². The standard InChI is InChI=1S/C12H9N3O4S/c1-14(16)11-5-4-10(20-11)12-13-8-6-7(15(17)18)2-3-9(8)19-12/h2-6,12-13H,1H2/p+1. The number of rotatable bonds is 3. The second-order valence-electron chi connectivity index (χ2n) is 4.24. The Labute approximate surface area is 117 Å². The van der Waals surface area contributed by atoms with Crippen molar-refractivity contribution in [2.75, 3.05) is 0 Å². The fourth-order valence-electron chi connectivity index (χ4n) is 1.99. The fraction of sp³-hybridized carbons (Fsp3) is 0.0833. The number of hydrogen-bond acceptors (Lipinski definition) is 5. The Balaban J connectivity index is 1.85. The van der Waals surface area contributed by atoms with Gasteiger partial charge in [-0.05, 0) is 12.1 Å². The molecule has 0 radical (unpaired) electrons. The third-order valence-corrected chi connectivity index (χ3v) is 4.08. The van der Waals surface area contributed by atoms with Gasteiger partial charge in [-0.2, -0.15) is 4.74 Å². The van der Waals surface area contributed by atoms with Gasteiger partial charge < -0.3 is 9.94 Å². The minimum Gasteiger partial charge on any atom is -0.618 e. The van der Waals surface area contributed by atoms with Gasteiger partial charge in [0, 0.05) is 12.1 Å². The van der Waals surface area contributed by atoms with Gasteiger partial charge in [-0.1, -0.05) is 11.3 Å². The molecule has 0 saturated carbocycles. The summed E-state index contributed by atoms with van der Waals surface area (Å²) in [5.74, 6) is 0.601. The highest BCUT2D eigenvalue weighted by Crippen LogP contribution is 2.36. The maximum Gasteiger partial charge on any atom is 0.275 e. The van der Waals surface area contributed by atoms with Crippen molar-refractivity contribution in [1.29, 1.82) is 0 Å². The SMILES string of the molecule is C=[N+]([O-])c1ccc(C2[NH2+]c3cc([N+](=O)[O-])ccc3O2)s1. The van der Waals surface area contributed by atoms with Crippen molar-refractivity contribution in [2.45, 2.75) is 6.23 Å². The van der Waals surface area contributed by atoms with Crippen molar-refractivity contribution in [2.24, 2.45) is 0 Å². The molecule has 1 aliphatic rings. The van der Waals surface area contributed by atoms with Gasteiger partial charge in [-0.25, -0.2) is 0 Å². The fourth-order valence-corrected chi connectivity index (χ4v) is 2.84. The third kappa shape index (κ3) is 2.10. The molecule has 2 aromatic rings. The molecule has 1 aromatic heterocycles. The molecule has 20 heavy (non-hydrogen) atoms. The molecule has 0 bridgehead atoms. The number of nitro benzene ring substituents is 1. The first-order valence-electron chi connectivity index (χ1n) is 5.72. The summed E-state index contributed by atoms with van der Waals surface area (Å²) in [6.07, 6.45) is -0.328. The summed E-state index contributed by atoms with van der Waals surface area (Å²) < 4.78 is 6.25. The lowest BCUT2D eigenvalue weighted by molar-refractivity contribution is -0.636. The Bertz CT molecular complexity index is 712. The summed E-state index contributed by atoms with van der Waals surface area (Å²) in [6.45, 7) is 3.28. The number of benzene rings is 1. The highest BCUT2D eigenvalue weighted by atomic mass is 32.1. The number of quaternary nitrogens is 1. The quantitative estimate of drug-likeness (QED) is 0.233. The van der Waals surface area contributed by atoms with Crippen molar-refractivity contribution in [1.82, 2.24) is 0 Å². The highest BCUT2D eigenvalue weighted by Gasteiger charge is 2.31. The Kier molecular flexibility index (Phi) is 2.88. The normalized spacial score (nSPS) is 16.5. The maximum atomic E-state index is 11.1. The van der Waals surface area contributed by atoms with Crippen molar-refractivity contribution in [3.63, 3.8) is 0 Å². The molecule has 8 heteroatoms. The van der Waals surface area contributed by atoms with Crippen LogP contribution in [0.4, 0.5) is 16.4 Å². The minimum atomic E-state index is -0.442. The van der Waals surface area contributed by atoms with Crippen LogP contribution < -0.4 is 10.1 Å². The largest absolute Gasteiger partial charge is 0.618 e. The van der Waals surface area contributed by atoms with Gasteiger partial charge in [0.2, 0.25) is 0 Å². The Morgan fingerprint density at radius 2 is 2.10 bits per heavy atom. The van der Waals surface area contributed by atoms with Crippen molar-refractivity contribution >= 4 is 34.4 Å². The van der Waals surface area contributed by atoms with E-state index in [1.54, 1.807) is 23.5 Å². The number of ether oxygens (including phenoxy) is 1. The number of nitrogens with two attached hydrogens (primary N) is 1. The van der Waals surface area contributed by atoms with Crippen LogP contribution in [0.5, 0.6) is 5.75 Å². The zero-order chi connectivity index (χ0) is 14.3. The molecular weight excluding hydrogens is 282 g/mol. The van der Waals surface area contributed by atoms with E-state index >= 15 is 0 Å². The molecular formula is C12H10N3O4S+. The Hall–Kier alpha value is -2.45. The van der Waals surface area contributed by atoms with Crippen LogP contribution in [0.2, 0.25) is 0 Å². The molecule has 0 spiro atoms. The van der Waals surface area contributed by atoms with E-state index in [2.05, 4.69) is 6.72 Å². The summed E-state index contributed by atoms with van der Waals surface area (Å²) >= 11 is 1.28. The summed E-state index contributed by atoms with van der Waals surface area (Å²) in [5.41, 5.74) is 0.715. The number of non-ortho nitro benzene ring substituents is 1. The van der Waals surface area contributed by atoms with Crippen LogP contribution in [0.1, 0.15) is 11.1 Å². The zero-order valence-corrected chi connectivity index (χ0v) is 11.0. The van der Waals surface area contributed by atoms with E-state index in [0.29, 0.717) is 21.2 Å². The van der Waals surface area contributed by atoms with Gasteiger partial charge in [0.05, 0.1) is 11.0 Å². The van der Waals surface area contributed by atoms with Gasteiger partial charge in [0.25, 0.3) is 16.9 Å². The molecule has 1 atom stereocenters. The predicted octanol–water partition coefficient (Wildman–Crippen LogP) is 1.78. The first kappa shape index (κ1) is 12.6. The first-order valence-corrected chi connectivity index (χ1v) is 6.54. The van der Waals surface area contributed by atoms with E-state index in [1.807, 2.05) is 0 Å². The van der Waals surface area contributed by atoms with Gasteiger partial charge in [0.1, 0.15) is 11.6 Å². The van der Waals surface area contributed by atoms with Crippen LogP contribution in [-0.4, -0.2) is 16.4 Å². The molecule has 1 unspecified atom stereocenters. The van der Waals surface area contributed by atoms with Crippen LogP contribution in [0.25, 0.3) is 0 Å². The highest BCUT2D eigenvalue weighted by molar-refractivity contribution is 7.15. The van der Waals surface area contributed by atoms with E-state index in [-0.39, 0.29) is 11.9 Å². The van der Waals surface area contributed by atoms with Crippen LogP contribution in [0, 0.1) is 15.3 Å². The monoisotopic (exact) mass is 292 g/mol. The van der Waals surface area contributed by atoms with Gasteiger partial charge in [0.15, 0.2) is 11.4 Å². The lowest BCUT2D eigenvalue weighted by Gasteiger charge is -2.03. The van der Waals surface area contributed by atoms with Gasteiger partial charge in [-0.15, -0.1) is 0 Å². The van der Waals surface area contributed by atoms with E-state index in [4.69, 9.17) is 4.74 Å². The molecule has 2 heterocycles. The van der Waals surface area contributed by atoms with E-state index < -0.39 is 4.92 Å². The summed E-state index contributed by atoms with van der Waals surface area (Å²) in [5, 5.41) is 24.1. The van der Waals surface area contributed by atoms with Crippen LogP contribution in [-0.2, 0) is 0 Å². The number of nitro groups is 1. The van der Waals surface area contributed by atoms with Crippen LogP contribution in [0.15, 0.2) is 30.3 Å². The number of fused-ring (bicyclic) bond motifs is 1. The summed E-state index contributed by atoms with van der Waals surface area (Å²) in [7, 11) is 0. The second-order valence-corrected chi connectivity index (χ2v) is 5.33.